The Bertz CT molecular complexity index is 743. The summed E-state index contributed by atoms with van der Waals surface area (Å²) in [4.78, 5) is 4.44. The Hall–Kier alpha value is -1.85. The largest absolute Gasteiger partial charge is 0.388 e. The molecule has 2 aromatic carbocycles. The molecule has 0 aliphatic carbocycles. The normalized spacial score (nSPS) is 10.3. The molecule has 0 aliphatic rings. The highest BCUT2D eigenvalue weighted by Gasteiger charge is 2.05. The van der Waals surface area contributed by atoms with Gasteiger partial charge in [-0.3, -0.25) is 0 Å². The molecule has 0 saturated carbocycles. The van der Waals surface area contributed by atoms with Crippen molar-refractivity contribution in [2.75, 3.05) is 30.9 Å². The third-order valence-electron chi connectivity index (χ3n) is 3.27. The molecular formula is C16H17ClFN3S. The maximum Gasteiger partial charge on any atom is 0.183 e. The van der Waals surface area contributed by atoms with Gasteiger partial charge >= 0.3 is 0 Å². The second-order valence-electron chi connectivity index (χ2n) is 4.64. The van der Waals surface area contributed by atoms with Gasteiger partial charge in [0.25, 0.3) is 0 Å². The van der Waals surface area contributed by atoms with Gasteiger partial charge in [0.15, 0.2) is 5.13 Å². The molecule has 0 radical (unpaired) electrons. The lowest BCUT2D eigenvalue weighted by atomic mass is 10.1. The first-order chi connectivity index (χ1) is 10.3. The summed E-state index contributed by atoms with van der Waals surface area (Å²) in [7, 11) is 1.91. The van der Waals surface area contributed by atoms with Gasteiger partial charge in [0, 0.05) is 19.3 Å². The number of nitrogens with zero attached hydrogens (tertiary/aromatic N) is 1. The van der Waals surface area contributed by atoms with Gasteiger partial charge in [-0.05, 0) is 35.4 Å². The van der Waals surface area contributed by atoms with Crippen LogP contribution in [0.25, 0.3) is 21.3 Å². The number of nitrogens with one attached hydrogen (secondary N) is 2. The zero-order valence-electron chi connectivity index (χ0n) is 12.1. The Balaban J connectivity index is 0.00000176. The molecule has 0 atom stereocenters. The number of aromatic nitrogens is 1. The van der Waals surface area contributed by atoms with Crippen molar-refractivity contribution in [1.29, 1.82) is 0 Å². The quantitative estimate of drug-likeness (QED) is 0.701. The van der Waals surface area contributed by atoms with Crippen molar-refractivity contribution in [2.45, 2.75) is 0 Å². The molecule has 116 valence electrons. The summed E-state index contributed by atoms with van der Waals surface area (Å²) in [5.74, 6) is 0. The molecule has 0 fully saturated rings. The van der Waals surface area contributed by atoms with E-state index in [0.717, 1.165) is 26.6 Å². The zero-order chi connectivity index (χ0) is 14.7. The third kappa shape index (κ3) is 3.48. The summed E-state index contributed by atoms with van der Waals surface area (Å²) in [6.07, 6.45) is 0. The van der Waals surface area contributed by atoms with E-state index >= 15 is 0 Å². The van der Waals surface area contributed by atoms with Crippen LogP contribution < -0.4 is 10.6 Å². The summed E-state index contributed by atoms with van der Waals surface area (Å²) in [6, 6.07) is 14.5. The van der Waals surface area contributed by atoms with E-state index in [-0.39, 0.29) is 19.1 Å². The molecule has 3 nitrogen and oxygen atoms in total. The molecule has 6 heteroatoms. The summed E-state index contributed by atoms with van der Waals surface area (Å²) < 4.78 is 13.3. The zero-order valence-corrected chi connectivity index (χ0v) is 13.7. The average Bonchev–Trinajstić information content (AvgIpc) is 2.95. The van der Waals surface area contributed by atoms with E-state index in [2.05, 4.69) is 52.0 Å². The van der Waals surface area contributed by atoms with E-state index in [4.69, 9.17) is 0 Å². The Kier molecular flexibility index (Phi) is 5.57. The van der Waals surface area contributed by atoms with E-state index in [0.29, 0.717) is 6.54 Å². The van der Waals surface area contributed by atoms with Crippen LogP contribution in [0.15, 0.2) is 42.5 Å². The smallest absolute Gasteiger partial charge is 0.183 e. The molecule has 0 aliphatic heterocycles. The molecule has 2 N–H and O–H groups in total. The standard InChI is InChI=1S/C16H16FN3S.ClH/c1-18-13-5-2-11(3-6-13)12-4-7-14-15(10-12)21-16(20-14)19-9-8-17;/h2-7,10,18H,8-9H2,1H3,(H,19,20);1H. The molecule has 3 rings (SSSR count). The maximum atomic E-state index is 12.2. The van der Waals surface area contributed by atoms with Crippen LogP contribution in [0.3, 0.4) is 0 Å². The molecule has 3 aromatic rings. The topological polar surface area (TPSA) is 37.0 Å². The molecule has 0 bridgehead atoms. The van der Waals surface area contributed by atoms with Crippen molar-refractivity contribution < 1.29 is 4.39 Å². The summed E-state index contributed by atoms with van der Waals surface area (Å²) in [6.45, 7) is -0.0862. The van der Waals surface area contributed by atoms with E-state index in [9.17, 15) is 4.39 Å². The minimum Gasteiger partial charge on any atom is -0.388 e. The number of anilines is 2. The number of fused-ring (bicyclic) bond motifs is 1. The molecule has 22 heavy (non-hydrogen) atoms. The fourth-order valence-corrected chi connectivity index (χ4v) is 3.09. The van der Waals surface area contributed by atoms with Crippen molar-refractivity contribution in [3.63, 3.8) is 0 Å². The predicted molar refractivity (Wildman–Crippen MR) is 96.3 cm³/mol. The molecule has 1 heterocycles. The Morgan fingerprint density at radius 3 is 2.50 bits per heavy atom. The minimum absolute atomic E-state index is 0. The van der Waals surface area contributed by atoms with Crippen LogP contribution >= 0.6 is 23.7 Å². The van der Waals surface area contributed by atoms with Crippen molar-refractivity contribution >= 4 is 44.8 Å². The van der Waals surface area contributed by atoms with Crippen LogP contribution in [0, 0.1) is 0 Å². The van der Waals surface area contributed by atoms with Crippen LogP contribution in [0.1, 0.15) is 0 Å². The van der Waals surface area contributed by atoms with Crippen LogP contribution in [0.4, 0.5) is 15.2 Å². The number of hydrogen-bond acceptors (Lipinski definition) is 4. The maximum absolute atomic E-state index is 12.2. The minimum atomic E-state index is -0.390. The average molecular weight is 338 g/mol. The van der Waals surface area contributed by atoms with Crippen LogP contribution in [-0.4, -0.2) is 25.3 Å². The van der Waals surface area contributed by atoms with E-state index in [1.54, 1.807) is 11.3 Å². The van der Waals surface area contributed by atoms with E-state index in [1.807, 2.05) is 13.1 Å². The number of halogens is 2. The van der Waals surface area contributed by atoms with Crippen molar-refractivity contribution in [2.24, 2.45) is 0 Å². The highest BCUT2D eigenvalue weighted by Crippen LogP contribution is 2.30. The number of benzene rings is 2. The lowest BCUT2D eigenvalue weighted by Gasteiger charge is -2.04. The van der Waals surface area contributed by atoms with Crippen LogP contribution in [-0.2, 0) is 0 Å². The van der Waals surface area contributed by atoms with Gasteiger partial charge in [-0.1, -0.05) is 29.5 Å². The highest BCUT2D eigenvalue weighted by atomic mass is 35.5. The monoisotopic (exact) mass is 337 g/mol. The van der Waals surface area contributed by atoms with Crippen LogP contribution in [0.2, 0.25) is 0 Å². The van der Waals surface area contributed by atoms with Gasteiger partial charge in [-0.25, -0.2) is 9.37 Å². The van der Waals surface area contributed by atoms with Gasteiger partial charge in [-0.15, -0.1) is 12.4 Å². The fourth-order valence-electron chi connectivity index (χ4n) is 2.16. The summed E-state index contributed by atoms with van der Waals surface area (Å²) in [5.41, 5.74) is 4.36. The predicted octanol–water partition coefficient (Wildman–Crippen LogP) is 4.81. The van der Waals surface area contributed by atoms with Gasteiger partial charge < -0.3 is 10.6 Å². The Morgan fingerprint density at radius 2 is 1.82 bits per heavy atom. The summed E-state index contributed by atoms with van der Waals surface area (Å²) in [5, 5.41) is 6.86. The molecule has 0 unspecified atom stereocenters. The first-order valence-corrected chi connectivity index (χ1v) is 7.60. The first kappa shape index (κ1) is 16.5. The van der Waals surface area contributed by atoms with Gasteiger partial charge in [0.2, 0.25) is 0 Å². The van der Waals surface area contributed by atoms with Crippen molar-refractivity contribution in [1.82, 2.24) is 4.98 Å². The highest BCUT2D eigenvalue weighted by molar-refractivity contribution is 7.22. The van der Waals surface area contributed by atoms with Crippen LogP contribution in [0.5, 0.6) is 0 Å². The lowest BCUT2D eigenvalue weighted by Crippen LogP contribution is -2.01. The SMILES string of the molecule is CNc1ccc(-c2ccc3nc(NCCF)sc3c2)cc1.Cl. The Labute approximate surface area is 139 Å². The number of hydrogen-bond donors (Lipinski definition) is 2. The van der Waals surface area contributed by atoms with E-state index in [1.165, 1.54) is 5.56 Å². The second-order valence-corrected chi connectivity index (χ2v) is 5.68. The molecule has 0 amide bonds. The Morgan fingerprint density at radius 1 is 1.09 bits per heavy atom. The molecule has 1 aromatic heterocycles. The van der Waals surface area contributed by atoms with Crippen molar-refractivity contribution in [3.05, 3.63) is 42.5 Å². The fraction of sp³-hybridized carbons (Fsp3) is 0.188. The summed E-state index contributed by atoms with van der Waals surface area (Å²) >= 11 is 1.55. The molecule has 0 spiro atoms. The number of alkyl halides is 1. The molecular weight excluding hydrogens is 321 g/mol. The second kappa shape index (κ2) is 7.42. The van der Waals surface area contributed by atoms with E-state index < -0.39 is 0 Å². The van der Waals surface area contributed by atoms with Crippen molar-refractivity contribution in [3.8, 4) is 11.1 Å². The number of thiazole rings is 1. The first-order valence-electron chi connectivity index (χ1n) is 6.79. The van der Waals surface area contributed by atoms with Gasteiger partial charge in [-0.2, -0.15) is 0 Å². The number of rotatable bonds is 5. The molecule has 0 saturated heterocycles. The third-order valence-corrected chi connectivity index (χ3v) is 4.24. The van der Waals surface area contributed by atoms with Gasteiger partial charge in [0.1, 0.15) is 6.67 Å². The lowest BCUT2D eigenvalue weighted by molar-refractivity contribution is 0.512. The van der Waals surface area contributed by atoms with Gasteiger partial charge in [0.05, 0.1) is 10.2 Å².